The Labute approximate surface area is 153 Å². The lowest BCUT2D eigenvalue weighted by atomic mass is 9.65. The number of carbonyl (C=O) groups is 1. The summed E-state index contributed by atoms with van der Waals surface area (Å²) in [5, 5.41) is 3.34. The molecule has 0 aromatic carbocycles. The van der Waals surface area contributed by atoms with Crippen LogP contribution in [-0.4, -0.2) is 42.5 Å². The summed E-state index contributed by atoms with van der Waals surface area (Å²) in [6.45, 7) is 5.51. The number of amides is 1. The number of nitrogens with one attached hydrogen (secondary N) is 1. The molecule has 0 aromatic rings. The maximum Gasteiger partial charge on any atom is 0.223 e. The number of hydrogen-bond acceptors (Lipinski definition) is 3. The van der Waals surface area contributed by atoms with E-state index < -0.39 is 0 Å². The van der Waals surface area contributed by atoms with Crippen molar-refractivity contribution in [3.8, 4) is 0 Å². The Hall–Kier alpha value is -0.0300. The average Bonchev–Trinajstić information content (AvgIpc) is 2.47. The number of halogens is 2. The zero-order valence-corrected chi connectivity index (χ0v) is 15.8. The van der Waals surface area contributed by atoms with Crippen molar-refractivity contribution in [3.05, 3.63) is 0 Å². The van der Waals surface area contributed by atoms with Crippen LogP contribution in [0.2, 0.25) is 0 Å². The first kappa shape index (κ1) is 21.0. The highest BCUT2D eigenvalue weighted by molar-refractivity contribution is 5.85. The Kier molecular flexibility index (Phi) is 8.64. The van der Waals surface area contributed by atoms with E-state index in [1.54, 1.807) is 0 Å². The summed E-state index contributed by atoms with van der Waals surface area (Å²) in [6.07, 6.45) is 8.16. The Bertz CT molecular complexity index is 369. The monoisotopic (exact) mass is 365 g/mol. The van der Waals surface area contributed by atoms with Crippen molar-refractivity contribution in [3.63, 3.8) is 0 Å². The van der Waals surface area contributed by atoms with Crippen LogP contribution in [0.3, 0.4) is 0 Å². The van der Waals surface area contributed by atoms with Crippen molar-refractivity contribution in [2.75, 3.05) is 19.6 Å². The van der Waals surface area contributed by atoms with E-state index in [4.69, 9.17) is 5.73 Å². The van der Waals surface area contributed by atoms with Crippen LogP contribution in [0.5, 0.6) is 0 Å². The van der Waals surface area contributed by atoms with Crippen molar-refractivity contribution in [2.24, 2.45) is 23.5 Å². The van der Waals surface area contributed by atoms with E-state index >= 15 is 0 Å². The molecule has 3 N–H and O–H groups in total. The highest BCUT2D eigenvalue weighted by Gasteiger charge is 2.40. The topological polar surface area (TPSA) is 58.4 Å². The van der Waals surface area contributed by atoms with E-state index in [-0.39, 0.29) is 30.7 Å². The number of nitrogens with zero attached hydrogens (tertiary/aromatic N) is 1. The summed E-state index contributed by atoms with van der Waals surface area (Å²) in [7, 11) is 0. The molecule has 2 bridgehead atoms. The standard InChI is InChI=1S/C17H31N3O.2ClH/c1-2-20-8-4-7-15(11-20)19-17(21)14-9-12-5-3-6-13(10-14)16(12)18;;/h12-16H,2-11,18H2,1H3,(H,19,21);2*1H. The molecule has 1 saturated heterocycles. The van der Waals surface area contributed by atoms with Gasteiger partial charge in [0.2, 0.25) is 5.91 Å². The van der Waals surface area contributed by atoms with Crippen LogP contribution >= 0.6 is 24.8 Å². The van der Waals surface area contributed by atoms with Crippen LogP contribution in [0.4, 0.5) is 0 Å². The Morgan fingerprint density at radius 1 is 1.13 bits per heavy atom. The van der Waals surface area contributed by atoms with Gasteiger partial charge in [-0.05, 0) is 63.5 Å². The van der Waals surface area contributed by atoms with E-state index in [9.17, 15) is 4.79 Å². The van der Waals surface area contributed by atoms with Crippen LogP contribution in [0.25, 0.3) is 0 Å². The molecule has 2 saturated carbocycles. The van der Waals surface area contributed by atoms with Crippen molar-refractivity contribution in [2.45, 2.75) is 64.0 Å². The van der Waals surface area contributed by atoms with Gasteiger partial charge in [0.05, 0.1) is 0 Å². The summed E-state index contributed by atoms with van der Waals surface area (Å²) in [4.78, 5) is 15.1. The first-order chi connectivity index (χ1) is 10.2. The van der Waals surface area contributed by atoms with Gasteiger partial charge in [-0.2, -0.15) is 0 Å². The third-order valence-corrected chi connectivity index (χ3v) is 6.08. The van der Waals surface area contributed by atoms with Gasteiger partial charge in [0, 0.05) is 24.5 Å². The predicted octanol–water partition coefficient (Wildman–Crippen LogP) is 2.58. The Morgan fingerprint density at radius 3 is 2.39 bits per heavy atom. The summed E-state index contributed by atoms with van der Waals surface area (Å²) in [6, 6.07) is 0.717. The molecule has 3 unspecified atom stereocenters. The second-order valence-electron chi connectivity index (χ2n) is 7.44. The fourth-order valence-corrected chi connectivity index (χ4v) is 4.78. The number of piperidine rings is 1. The molecular weight excluding hydrogens is 333 g/mol. The van der Waals surface area contributed by atoms with Crippen LogP contribution in [0.15, 0.2) is 0 Å². The van der Waals surface area contributed by atoms with Crippen LogP contribution in [0.1, 0.15) is 51.9 Å². The number of hydrogen-bond donors (Lipinski definition) is 2. The van der Waals surface area contributed by atoms with E-state index in [0.29, 0.717) is 29.8 Å². The van der Waals surface area contributed by atoms with E-state index in [1.807, 2.05) is 0 Å². The third kappa shape index (κ3) is 4.97. The van der Waals surface area contributed by atoms with Gasteiger partial charge in [-0.3, -0.25) is 4.79 Å². The number of nitrogens with two attached hydrogens (primary N) is 1. The molecular formula is C17H33Cl2N3O. The molecule has 3 atom stereocenters. The van der Waals surface area contributed by atoms with Gasteiger partial charge in [-0.1, -0.05) is 13.3 Å². The maximum atomic E-state index is 12.6. The predicted molar refractivity (Wildman–Crippen MR) is 99.3 cm³/mol. The lowest BCUT2D eigenvalue weighted by molar-refractivity contribution is -0.129. The van der Waals surface area contributed by atoms with Gasteiger partial charge in [0.1, 0.15) is 0 Å². The molecule has 1 heterocycles. The molecule has 3 aliphatic rings. The van der Waals surface area contributed by atoms with E-state index in [1.165, 1.54) is 32.2 Å². The second-order valence-corrected chi connectivity index (χ2v) is 7.44. The van der Waals surface area contributed by atoms with Crippen LogP contribution in [-0.2, 0) is 4.79 Å². The van der Waals surface area contributed by atoms with Crippen molar-refractivity contribution in [1.29, 1.82) is 0 Å². The van der Waals surface area contributed by atoms with Gasteiger partial charge < -0.3 is 16.0 Å². The van der Waals surface area contributed by atoms with E-state index in [0.717, 1.165) is 32.4 Å². The number of rotatable bonds is 3. The lowest BCUT2D eigenvalue weighted by Crippen LogP contribution is -2.52. The lowest BCUT2D eigenvalue weighted by Gasteiger charge is -2.44. The second kappa shape index (κ2) is 9.45. The minimum absolute atomic E-state index is 0. The molecule has 23 heavy (non-hydrogen) atoms. The average molecular weight is 366 g/mol. The molecule has 0 aromatic heterocycles. The fourth-order valence-electron chi connectivity index (χ4n) is 4.78. The molecule has 0 spiro atoms. The van der Waals surface area contributed by atoms with Gasteiger partial charge in [-0.25, -0.2) is 0 Å². The first-order valence-electron chi connectivity index (χ1n) is 8.95. The van der Waals surface area contributed by atoms with Crippen LogP contribution < -0.4 is 11.1 Å². The van der Waals surface area contributed by atoms with Crippen LogP contribution in [0, 0.1) is 17.8 Å². The Morgan fingerprint density at radius 2 is 1.78 bits per heavy atom. The molecule has 6 heteroatoms. The van der Waals surface area contributed by atoms with E-state index in [2.05, 4.69) is 17.1 Å². The quantitative estimate of drug-likeness (QED) is 0.807. The number of likely N-dealkylation sites (tertiary alicyclic amines) is 1. The highest BCUT2D eigenvalue weighted by atomic mass is 35.5. The smallest absolute Gasteiger partial charge is 0.223 e. The molecule has 1 amide bonds. The minimum Gasteiger partial charge on any atom is -0.352 e. The molecule has 2 aliphatic carbocycles. The Balaban J connectivity index is 0.00000132. The summed E-state index contributed by atoms with van der Waals surface area (Å²) >= 11 is 0. The SMILES string of the molecule is CCN1CCCC(NC(=O)C2CC3CCCC(C2)C3N)C1.Cl.Cl. The molecule has 0 radical (unpaired) electrons. The normalized spacial score (nSPS) is 37.2. The summed E-state index contributed by atoms with van der Waals surface area (Å²) < 4.78 is 0. The van der Waals surface area contributed by atoms with Gasteiger partial charge in [0.25, 0.3) is 0 Å². The molecule has 3 rings (SSSR count). The number of fused-ring (bicyclic) bond motifs is 2. The number of carbonyl (C=O) groups excluding carboxylic acids is 1. The molecule has 136 valence electrons. The summed E-state index contributed by atoms with van der Waals surface area (Å²) in [5.74, 6) is 1.71. The van der Waals surface area contributed by atoms with Crippen molar-refractivity contribution in [1.82, 2.24) is 10.2 Å². The highest BCUT2D eigenvalue weighted by Crippen LogP contribution is 2.41. The van der Waals surface area contributed by atoms with Gasteiger partial charge in [-0.15, -0.1) is 24.8 Å². The molecule has 4 nitrogen and oxygen atoms in total. The zero-order chi connectivity index (χ0) is 14.8. The fraction of sp³-hybridized carbons (Fsp3) is 0.941. The van der Waals surface area contributed by atoms with Crippen molar-refractivity contribution >= 4 is 30.7 Å². The van der Waals surface area contributed by atoms with Gasteiger partial charge >= 0.3 is 0 Å². The molecule has 3 fully saturated rings. The maximum absolute atomic E-state index is 12.6. The largest absolute Gasteiger partial charge is 0.352 e. The first-order valence-corrected chi connectivity index (χ1v) is 8.95. The summed E-state index contributed by atoms with van der Waals surface area (Å²) in [5.41, 5.74) is 6.33. The molecule has 1 aliphatic heterocycles. The minimum atomic E-state index is 0. The zero-order valence-electron chi connectivity index (χ0n) is 14.2. The third-order valence-electron chi connectivity index (χ3n) is 6.08. The van der Waals surface area contributed by atoms with Crippen molar-refractivity contribution < 1.29 is 4.79 Å². The number of likely N-dealkylation sites (N-methyl/N-ethyl adjacent to an activating group) is 1. The van der Waals surface area contributed by atoms with Gasteiger partial charge in [0.15, 0.2) is 0 Å².